The van der Waals surface area contributed by atoms with E-state index in [0.717, 1.165) is 0 Å². The molecule has 7 heteroatoms. The van der Waals surface area contributed by atoms with Crippen molar-refractivity contribution in [3.8, 4) is 5.69 Å². The number of aromatic nitrogens is 2. The maximum absolute atomic E-state index is 13.5. The molecule has 1 atom stereocenters. The summed E-state index contributed by atoms with van der Waals surface area (Å²) in [6, 6.07) is 3.59. The van der Waals surface area contributed by atoms with Crippen LogP contribution < -0.4 is 0 Å². The van der Waals surface area contributed by atoms with E-state index in [1.165, 1.54) is 24.5 Å². The van der Waals surface area contributed by atoms with Crippen molar-refractivity contribution in [2.75, 3.05) is 6.54 Å². The normalized spacial score (nSPS) is 19.2. The molecule has 0 radical (unpaired) electrons. The lowest BCUT2D eigenvalue weighted by Gasteiger charge is -2.39. The van der Waals surface area contributed by atoms with Gasteiger partial charge in [0, 0.05) is 6.54 Å². The van der Waals surface area contributed by atoms with Crippen molar-refractivity contribution in [3.63, 3.8) is 0 Å². The zero-order valence-electron chi connectivity index (χ0n) is 10.8. The van der Waals surface area contributed by atoms with E-state index in [4.69, 9.17) is 0 Å². The number of carboxylic acids is 1. The number of hydrogen-bond donors (Lipinski definition) is 1. The highest BCUT2D eigenvalue weighted by atomic mass is 19.1. The number of carbonyl (C=O) groups excluding carboxylic acids is 1. The topological polar surface area (TPSA) is 75.4 Å². The van der Waals surface area contributed by atoms with Crippen molar-refractivity contribution in [1.82, 2.24) is 14.5 Å². The molecular weight excluding hydrogens is 277 g/mol. The summed E-state index contributed by atoms with van der Waals surface area (Å²) in [5.41, 5.74) is 1.11. The molecule has 1 saturated heterocycles. The Labute approximate surface area is 118 Å². The number of carboxylic acid groups (broad SMARTS) is 1. The van der Waals surface area contributed by atoms with Crippen LogP contribution >= 0.6 is 0 Å². The average molecular weight is 287 g/mol. The Balaban J connectivity index is 2.04. The molecule has 21 heavy (non-hydrogen) atoms. The highest BCUT2D eigenvalue weighted by Gasteiger charge is 2.42. The predicted molar refractivity (Wildman–Crippen MR) is 68.9 cm³/mol. The summed E-state index contributed by atoms with van der Waals surface area (Å²) in [5, 5.41) is 9.27. The van der Waals surface area contributed by atoms with Gasteiger partial charge in [0.1, 0.15) is 12.1 Å². The lowest BCUT2D eigenvalue weighted by Crippen LogP contribution is -2.45. The monoisotopic (exact) mass is 287 g/mol. The number of rotatable bonds is 1. The van der Waals surface area contributed by atoms with Crippen LogP contribution in [0.15, 0.2) is 24.5 Å². The molecular formula is C14H10FN3O3. The van der Waals surface area contributed by atoms with E-state index in [0.29, 0.717) is 24.3 Å². The molecule has 106 valence electrons. The largest absolute Gasteiger partial charge is 0.476 e. The van der Waals surface area contributed by atoms with Crippen molar-refractivity contribution in [3.05, 3.63) is 47.3 Å². The van der Waals surface area contributed by atoms with E-state index >= 15 is 0 Å². The van der Waals surface area contributed by atoms with Crippen molar-refractivity contribution >= 4 is 11.9 Å². The molecule has 0 spiro atoms. The first kappa shape index (κ1) is 12.1. The number of halogens is 1. The summed E-state index contributed by atoms with van der Waals surface area (Å²) in [6.07, 6.45) is 2.05. The molecule has 1 N–H and O–H groups in total. The van der Waals surface area contributed by atoms with Crippen LogP contribution in [-0.2, 0) is 0 Å². The smallest absolute Gasteiger partial charge is 0.356 e. The average Bonchev–Trinajstić information content (AvgIpc) is 2.79. The van der Waals surface area contributed by atoms with Gasteiger partial charge >= 0.3 is 5.97 Å². The van der Waals surface area contributed by atoms with Crippen LogP contribution in [-0.4, -0.2) is 38.0 Å². The summed E-state index contributed by atoms with van der Waals surface area (Å²) < 4.78 is 15.0. The molecule has 0 saturated carbocycles. The molecule has 2 aromatic rings. The Kier molecular flexibility index (Phi) is 2.25. The fourth-order valence-electron chi connectivity index (χ4n) is 2.99. The lowest BCUT2D eigenvalue weighted by molar-refractivity contribution is 0.0448. The third-order valence-electron chi connectivity index (χ3n) is 4.05. The van der Waals surface area contributed by atoms with E-state index in [1.54, 1.807) is 9.47 Å². The third-order valence-corrected chi connectivity index (χ3v) is 4.05. The fraction of sp³-hybridized carbons (Fsp3) is 0.214. The summed E-state index contributed by atoms with van der Waals surface area (Å²) >= 11 is 0. The van der Waals surface area contributed by atoms with Gasteiger partial charge in [0.2, 0.25) is 0 Å². The summed E-state index contributed by atoms with van der Waals surface area (Å²) in [4.78, 5) is 29.3. The van der Waals surface area contributed by atoms with Crippen LogP contribution in [0, 0.1) is 5.82 Å². The van der Waals surface area contributed by atoms with Crippen LogP contribution in [0.4, 0.5) is 4.39 Å². The molecule has 1 aromatic heterocycles. The zero-order chi connectivity index (χ0) is 14.7. The molecule has 1 aromatic carbocycles. The van der Waals surface area contributed by atoms with Crippen LogP contribution in [0.2, 0.25) is 0 Å². The molecule has 2 aliphatic rings. The highest BCUT2D eigenvalue weighted by Crippen LogP contribution is 2.40. The van der Waals surface area contributed by atoms with Crippen molar-refractivity contribution < 1.29 is 19.1 Å². The van der Waals surface area contributed by atoms with Crippen molar-refractivity contribution in [2.24, 2.45) is 0 Å². The van der Waals surface area contributed by atoms with Gasteiger partial charge < -0.3 is 10.0 Å². The van der Waals surface area contributed by atoms with Crippen LogP contribution in [0.25, 0.3) is 5.69 Å². The number of carbonyl (C=O) groups is 2. The Morgan fingerprint density at radius 1 is 1.43 bits per heavy atom. The fourth-order valence-corrected chi connectivity index (χ4v) is 2.99. The van der Waals surface area contributed by atoms with E-state index < -0.39 is 11.8 Å². The molecule has 1 amide bonds. The summed E-state index contributed by atoms with van der Waals surface area (Å²) in [7, 11) is 0. The quantitative estimate of drug-likeness (QED) is 0.864. The van der Waals surface area contributed by atoms with Gasteiger partial charge in [-0.25, -0.2) is 14.2 Å². The Morgan fingerprint density at radius 3 is 2.90 bits per heavy atom. The SMILES string of the molecule is O=C(O)c1ncn2c1C1CCN1C(=O)c1cc(F)ccc1-2. The van der Waals surface area contributed by atoms with Crippen LogP contribution in [0.5, 0.6) is 0 Å². The zero-order valence-corrected chi connectivity index (χ0v) is 10.8. The van der Waals surface area contributed by atoms with Gasteiger partial charge in [-0.1, -0.05) is 0 Å². The van der Waals surface area contributed by atoms with Gasteiger partial charge in [-0.05, 0) is 24.6 Å². The van der Waals surface area contributed by atoms with Gasteiger partial charge in [-0.3, -0.25) is 9.36 Å². The minimum atomic E-state index is -1.13. The van der Waals surface area contributed by atoms with Crippen molar-refractivity contribution in [2.45, 2.75) is 12.5 Å². The minimum absolute atomic E-state index is 0.0605. The van der Waals surface area contributed by atoms with Gasteiger partial charge in [-0.2, -0.15) is 0 Å². The Hall–Kier alpha value is -2.70. The van der Waals surface area contributed by atoms with Gasteiger partial charge in [0.05, 0.1) is 23.0 Å². The van der Waals surface area contributed by atoms with Crippen molar-refractivity contribution in [1.29, 1.82) is 0 Å². The number of hydrogen-bond acceptors (Lipinski definition) is 3. The lowest BCUT2D eigenvalue weighted by atomic mass is 9.97. The standard InChI is InChI=1S/C14H10FN3O3/c15-7-1-2-9-8(5-7)13(19)17-4-3-10(17)12-11(14(20)21)16-6-18(9)12/h1-2,5-6,10H,3-4H2,(H,20,21). The first-order valence-corrected chi connectivity index (χ1v) is 6.49. The second-order valence-corrected chi connectivity index (χ2v) is 5.12. The molecule has 0 aliphatic carbocycles. The summed E-state index contributed by atoms with van der Waals surface area (Å²) in [6.45, 7) is 0.531. The van der Waals surface area contributed by atoms with Crippen LogP contribution in [0.3, 0.4) is 0 Å². The predicted octanol–water partition coefficient (Wildman–Crippen LogP) is 1.61. The number of aromatic carboxylic acids is 1. The molecule has 2 aliphatic heterocycles. The molecule has 6 nitrogen and oxygen atoms in total. The second-order valence-electron chi connectivity index (χ2n) is 5.12. The number of imidazole rings is 1. The van der Waals surface area contributed by atoms with E-state index in [9.17, 15) is 19.1 Å². The first-order chi connectivity index (χ1) is 10.1. The van der Waals surface area contributed by atoms with Gasteiger partial charge in [-0.15, -0.1) is 0 Å². The molecule has 3 heterocycles. The van der Waals surface area contributed by atoms with Gasteiger partial charge in [0.25, 0.3) is 5.91 Å². The van der Waals surface area contributed by atoms with E-state index in [-0.39, 0.29) is 23.2 Å². The highest BCUT2D eigenvalue weighted by molar-refractivity contribution is 6.00. The second kappa shape index (κ2) is 3.91. The van der Waals surface area contributed by atoms with E-state index in [1.807, 2.05) is 0 Å². The maximum Gasteiger partial charge on any atom is 0.356 e. The van der Waals surface area contributed by atoms with Crippen LogP contribution in [0.1, 0.15) is 39.0 Å². The number of fused-ring (bicyclic) bond motifs is 5. The minimum Gasteiger partial charge on any atom is -0.476 e. The molecule has 4 rings (SSSR count). The molecule has 0 bridgehead atoms. The summed E-state index contributed by atoms with van der Waals surface area (Å²) in [5.74, 6) is -1.91. The maximum atomic E-state index is 13.5. The number of amides is 1. The first-order valence-electron chi connectivity index (χ1n) is 6.49. The Bertz CT molecular complexity index is 799. The van der Waals surface area contributed by atoms with Gasteiger partial charge in [0.15, 0.2) is 5.69 Å². The van der Waals surface area contributed by atoms with E-state index in [2.05, 4.69) is 4.98 Å². The Morgan fingerprint density at radius 2 is 2.24 bits per heavy atom. The molecule has 1 fully saturated rings. The number of benzene rings is 1. The third kappa shape index (κ3) is 1.48. The molecule has 1 unspecified atom stereocenters. The number of nitrogens with zero attached hydrogens (tertiary/aromatic N) is 3.